The quantitative estimate of drug-likeness (QED) is 0.725. The van der Waals surface area contributed by atoms with Crippen LogP contribution in [0, 0.1) is 5.82 Å². The highest BCUT2D eigenvalue weighted by atomic mass is 32.2. The number of allylic oxidation sites excluding steroid dienone is 1. The molecule has 3 rings (SSSR count). The summed E-state index contributed by atoms with van der Waals surface area (Å²) in [5.41, 5.74) is 8.81. The molecule has 7 heteroatoms. The first-order valence-electron chi connectivity index (χ1n) is 6.29. The highest BCUT2D eigenvalue weighted by Crippen LogP contribution is 2.25. The highest BCUT2D eigenvalue weighted by molar-refractivity contribution is 7.99. The predicted octanol–water partition coefficient (Wildman–Crippen LogP) is 2.21. The Morgan fingerprint density at radius 2 is 2.24 bits per heavy atom. The number of rotatable bonds is 3. The van der Waals surface area contributed by atoms with Gasteiger partial charge in [0.15, 0.2) is 0 Å². The summed E-state index contributed by atoms with van der Waals surface area (Å²) in [5.74, 6) is 0.491. The van der Waals surface area contributed by atoms with Crippen LogP contribution >= 0.6 is 11.9 Å². The first-order chi connectivity index (χ1) is 10.1. The van der Waals surface area contributed by atoms with Crippen LogP contribution in [0.5, 0.6) is 0 Å². The van der Waals surface area contributed by atoms with E-state index in [1.54, 1.807) is 17.7 Å². The van der Waals surface area contributed by atoms with Crippen molar-refractivity contribution in [2.75, 3.05) is 0 Å². The molecule has 0 saturated heterocycles. The molecule has 2 aromatic heterocycles. The van der Waals surface area contributed by atoms with Gasteiger partial charge in [0.2, 0.25) is 0 Å². The van der Waals surface area contributed by atoms with E-state index in [2.05, 4.69) is 9.97 Å². The highest BCUT2D eigenvalue weighted by Gasteiger charge is 2.12. The number of hydrogen-bond acceptors (Lipinski definition) is 5. The van der Waals surface area contributed by atoms with Gasteiger partial charge in [0.1, 0.15) is 17.2 Å². The monoisotopic (exact) mass is 303 g/mol. The predicted molar refractivity (Wildman–Crippen MR) is 83.7 cm³/mol. The van der Waals surface area contributed by atoms with E-state index < -0.39 is 0 Å². The Bertz CT molecular complexity index is 855. The molecular formula is C14H14FN5S. The van der Waals surface area contributed by atoms with Gasteiger partial charge in [-0.15, -0.1) is 0 Å². The molecule has 0 fully saturated rings. The van der Waals surface area contributed by atoms with Crippen molar-refractivity contribution in [3.8, 4) is 0 Å². The van der Waals surface area contributed by atoms with E-state index in [0.717, 1.165) is 39.7 Å². The number of nitrogens with two attached hydrogens (primary N) is 2. The van der Waals surface area contributed by atoms with E-state index in [1.807, 2.05) is 11.6 Å². The zero-order valence-corrected chi connectivity index (χ0v) is 12.2. The second-order valence-electron chi connectivity index (χ2n) is 4.75. The lowest BCUT2D eigenvalue weighted by Crippen LogP contribution is -2.06. The lowest BCUT2D eigenvalue weighted by molar-refractivity contribution is 0.629. The molecule has 1 aromatic carbocycles. The fraction of sp³-hybridized carbons (Fsp3) is 0.143. The minimum atomic E-state index is -0.293. The Morgan fingerprint density at radius 1 is 1.43 bits per heavy atom. The largest absolute Gasteiger partial charge is 0.401 e. The molecule has 2 heterocycles. The van der Waals surface area contributed by atoms with E-state index in [-0.39, 0.29) is 5.82 Å². The Labute approximate surface area is 125 Å². The first kappa shape index (κ1) is 13.8. The summed E-state index contributed by atoms with van der Waals surface area (Å²) in [6.45, 7) is 0. The van der Waals surface area contributed by atoms with Gasteiger partial charge in [0.05, 0.1) is 17.2 Å². The van der Waals surface area contributed by atoms with Gasteiger partial charge in [-0.1, -0.05) is 11.9 Å². The molecule has 0 radical (unpaired) electrons. The van der Waals surface area contributed by atoms with Crippen molar-refractivity contribution in [2.45, 2.75) is 6.42 Å². The Hall–Kier alpha value is -2.12. The number of imidazole rings is 1. The molecule has 0 aliphatic heterocycles. The minimum absolute atomic E-state index is 0.293. The molecule has 3 aromatic rings. The number of hydrogen-bond donors (Lipinski definition) is 2. The van der Waals surface area contributed by atoms with Crippen molar-refractivity contribution < 1.29 is 4.39 Å². The normalized spacial score (nSPS) is 12.4. The summed E-state index contributed by atoms with van der Waals surface area (Å²) < 4.78 is 15.4. The van der Waals surface area contributed by atoms with E-state index >= 15 is 0 Å². The molecular weight excluding hydrogens is 289 g/mol. The van der Waals surface area contributed by atoms with Gasteiger partial charge in [-0.2, -0.15) is 0 Å². The number of benzene rings is 1. The fourth-order valence-corrected chi connectivity index (χ4v) is 2.65. The lowest BCUT2D eigenvalue weighted by atomic mass is 10.2. The third kappa shape index (κ3) is 2.45. The average molecular weight is 303 g/mol. The van der Waals surface area contributed by atoms with E-state index in [9.17, 15) is 4.39 Å². The van der Waals surface area contributed by atoms with Gasteiger partial charge in [0.25, 0.3) is 0 Å². The Morgan fingerprint density at radius 3 is 3.00 bits per heavy atom. The van der Waals surface area contributed by atoms with Crippen LogP contribution in [0.1, 0.15) is 5.82 Å². The summed E-state index contributed by atoms with van der Waals surface area (Å²) >= 11 is 1.06. The zero-order chi connectivity index (χ0) is 15.0. The Kier molecular flexibility index (Phi) is 3.52. The van der Waals surface area contributed by atoms with Crippen LogP contribution in [0.15, 0.2) is 35.5 Å². The number of pyridine rings is 1. The number of nitrogens with zero attached hydrogens (tertiary/aromatic N) is 3. The van der Waals surface area contributed by atoms with Crippen molar-refractivity contribution in [2.24, 2.45) is 17.9 Å². The summed E-state index contributed by atoms with van der Waals surface area (Å²) in [6.07, 6.45) is 2.17. The first-order valence-corrected chi connectivity index (χ1v) is 7.24. The van der Waals surface area contributed by atoms with Crippen LogP contribution in [0.2, 0.25) is 0 Å². The SMILES string of the molecule is Cn1c(C/C(N)=C/SN)nc2cnc3ccc(F)cc3c21. The van der Waals surface area contributed by atoms with Crippen molar-refractivity contribution >= 4 is 33.9 Å². The third-order valence-corrected chi connectivity index (χ3v) is 3.77. The van der Waals surface area contributed by atoms with Crippen LogP contribution < -0.4 is 10.9 Å². The second-order valence-corrected chi connectivity index (χ2v) is 5.25. The zero-order valence-electron chi connectivity index (χ0n) is 11.4. The van der Waals surface area contributed by atoms with Crippen LogP contribution in [-0.4, -0.2) is 14.5 Å². The number of aryl methyl sites for hydroxylation is 1. The maximum Gasteiger partial charge on any atom is 0.124 e. The number of fused-ring (bicyclic) bond motifs is 3. The average Bonchev–Trinajstić information content (AvgIpc) is 2.76. The molecule has 0 amide bonds. The van der Waals surface area contributed by atoms with Crippen molar-refractivity contribution in [3.05, 3.63) is 47.1 Å². The van der Waals surface area contributed by atoms with Crippen LogP contribution in [0.25, 0.3) is 21.9 Å². The molecule has 108 valence electrons. The molecule has 0 spiro atoms. The van der Waals surface area contributed by atoms with Crippen molar-refractivity contribution in [1.82, 2.24) is 14.5 Å². The molecule has 5 nitrogen and oxygen atoms in total. The van der Waals surface area contributed by atoms with Gasteiger partial charge >= 0.3 is 0 Å². The van der Waals surface area contributed by atoms with E-state index in [1.165, 1.54) is 12.1 Å². The summed E-state index contributed by atoms with van der Waals surface area (Å²) in [5, 5.41) is 7.78. The van der Waals surface area contributed by atoms with Gasteiger partial charge in [-0.25, -0.2) is 9.37 Å². The molecule has 4 N–H and O–H groups in total. The topological polar surface area (TPSA) is 82.8 Å². The maximum atomic E-state index is 13.5. The molecule has 0 unspecified atom stereocenters. The molecule has 21 heavy (non-hydrogen) atoms. The van der Waals surface area contributed by atoms with Crippen LogP contribution in [0.3, 0.4) is 0 Å². The number of halogens is 1. The lowest BCUT2D eigenvalue weighted by Gasteiger charge is -2.04. The maximum absolute atomic E-state index is 13.5. The van der Waals surface area contributed by atoms with E-state index in [4.69, 9.17) is 10.9 Å². The van der Waals surface area contributed by atoms with Gasteiger partial charge < -0.3 is 10.3 Å². The molecule has 0 aliphatic carbocycles. The van der Waals surface area contributed by atoms with Gasteiger partial charge in [0, 0.05) is 30.0 Å². The fourth-order valence-electron chi connectivity index (χ4n) is 2.39. The van der Waals surface area contributed by atoms with E-state index in [0.29, 0.717) is 12.1 Å². The summed E-state index contributed by atoms with van der Waals surface area (Å²) in [7, 11) is 1.89. The number of aromatic nitrogens is 3. The van der Waals surface area contributed by atoms with Gasteiger partial charge in [-0.05, 0) is 18.2 Å². The van der Waals surface area contributed by atoms with Crippen molar-refractivity contribution in [1.29, 1.82) is 0 Å². The summed E-state index contributed by atoms with van der Waals surface area (Å²) in [6, 6.07) is 4.54. The standard InChI is InChI=1S/C14H14FN5S/c1-20-13(5-9(16)7-21-17)19-12-6-18-11-3-2-8(15)4-10(11)14(12)20/h2-4,6-7H,5,16-17H2,1H3/b9-7-. The smallest absolute Gasteiger partial charge is 0.124 e. The Balaban J connectivity index is 2.22. The second kappa shape index (κ2) is 5.34. The molecule has 0 aliphatic rings. The molecule has 0 saturated carbocycles. The third-order valence-electron chi connectivity index (χ3n) is 3.34. The summed E-state index contributed by atoms with van der Waals surface area (Å²) in [4.78, 5) is 8.83. The van der Waals surface area contributed by atoms with Gasteiger partial charge in [-0.3, -0.25) is 10.1 Å². The minimum Gasteiger partial charge on any atom is -0.401 e. The molecule has 0 atom stereocenters. The molecule has 0 bridgehead atoms. The van der Waals surface area contributed by atoms with Crippen molar-refractivity contribution in [3.63, 3.8) is 0 Å². The van der Waals surface area contributed by atoms with Crippen LogP contribution in [-0.2, 0) is 13.5 Å². The van der Waals surface area contributed by atoms with Crippen LogP contribution in [0.4, 0.5) is 4.39 Å².